The summed E-state index contributed by atoms with van der Waals surface area (Å²) in [7, 11) is 0. The number of halogens is 1. The van der Waals surface area contributed by atoms with Crippen molar-refractivity contribution in [1.29, 1.82) is 0 Å². The third-order valence-electron chi connectivity index (χ3n) is 5.00. The smallest absolute Gasteiger partial charge is 0.296 e. The van der Waals surface area contributed by atoms with Crippen molar-refractivity contribution in [2.45, 2.75) is 19.3 Å². The topological polar surface area (TPSA) is 84.4 Å². The molecule has 0 saturated carbocycles. The Bertz CT molecular complexity index is 1060. The number of nitrogens with zero attached hydrogens (tertiary/aromatic N) is 3. The summed E-state index contributed by atoms with van der Waals surface area (Å²) in [6.07, 6.45) is 3.29. The zero-order valence-electron chi connectivity index (χ0n) is 15.3. The zero-order valence-corrected chi connectivity index (χ0v) is 16.1. The number of hydrogen-bond donors (Lipinski definition) is 2. The summed E-state index contributed by atoms with van der Waals surface area (Å²) in [4.78, 5) is 15.2. The van der Waals surface area contributed by atoms with E-state index < -0.39 is 5.56 Å². The second-order valence-electron chi connectivity index (χ2n) is 6.88. The lowest BCUT2D eigenvalue weighted by Gasteiger charge is -2.31. The minimum atomic E-state index is -0.415. The summed E-state index contributed by atoms with van der Waals surface area (Å²) in [5, 5.41) is 14.8. The normalized spacial score (nSPS) is 14.2. The Balaban J connectivity index is 1.96. The van der Waals surface area contributed by atoms with Gasteiger partial charge in [0.2, 0.25) is 0 Å². The minimum Gasteiger partial charge on any atom is -0.506 e. The standard InChI is InChI=1S/C21H21ClN4O2/c22-16-10-9-15(13-17(16)27)26-21(28)18(23)20(25-11-5-2-6-12-25)19(24-26)14-7-3-1-4-8-14/h1,3-4,7-10,13,27H,2,5-6,11-12,23H2. The number of piperidine rings is 1. The van der Waals surface area contributed by atoms with Gasteiger partial charge in [-0.05, 0) is 31.4 Å². The average Bonchev–Trinajstić information content (AvgIpc) is 2.73. The summed E-state index contributed by atoms with van der Waals surface area (Å²) in [6.45, 7) is 1.69. The lowest BCUT2D eigenvalue weighted by molar-refractivity contribution is 0.475. The van der Waals surface area contributed by atoms with Crippen molar-refractivity contribution in [1.82, 2.24) is 9.78 Å². The van der Waals surface area contributed by atoms with Crippen LogP contribution in [0, 0.1) is 0 Å². The Morgan fingerprint density at radius 1 is 1.04 bits per heavy atom. The Kier molecular flexibility index (Phi) is 4.96. The summed E-state index contributed by atoms with van der Waals surface area (Å²) in [5.74, 6) is -0.118. The van der Waals surface area contributed by atoms with Crippen molar-refractivity contribution in [3.05, 3.63) is 63.9 Å². The molecule has 28 heavy (non-hydrogen) atoms. The van der Waals surface area contributed by atoms with Crippen LogP contribution in [0.1, 0.15) is 19.3 Å². The van der Waals surface area contributed by atoms with Gasteiger partial charge in [-0.2, -0.15) is 9.78 Å². The van der Waals surface area contributed by atoms with Gasteiger partial charge in [-0.25, -0.2) is 0 Å². The van der Waals surface area contributed by atoms with Gasteiger partial charge in [0, 0.05) is 24.7 Å². The van der Waals surface area contributed by atoms with Crippen LogP contribution in [0.2, 0.25) is 5.02 Å². The highest BCUT2D eigenvalue weighted by Gasteiger charge is 2.23. The second kappa shape index (κ2) is 7.56. The van der Waals surface area contributed by atoms with Crippen molar-refractivity contribution in [2.75, 3.05) is 23.7 Å². The lowest BCUT2D eigenvalue weighted by atomic mass is 10.1. The quantitative estimate of drug-likeness (QED) is 0.702. The molecule has 0 spiro atoms. The Hall–Kier alpha value is -2.99. The van der Waals surface area contributed by atoms with E-state index in [4.69, 9.17) is 17.3 Å². The predicted octanol–water partition coefficient (Wildman–Crippen LogP) is 3.83. The zero-order chi connectivity index (χ0) is 19.7. The SMILES string of the molecule is Nc1c(N2CCCCC2)c(-c2ccccc2)nn(-c2ccc(Cl)c(O)c2)c1=O. The van der Waals surface area contributed by atoms with Gasteiger partial charge >= 0.3 is 0 Å². The van der Waals surface area contributed by atoms with Gasteiger partial charge in [0.05, 0.1) is 16.4 Å². The van der Waals surface area contributed by atoms with E-state index in [-0.39, 0.29) is 16.5 Å². The van der Waals surface area contributed by atoms with Gasteiger partial charge in [0.1, 0.15) is 17.1 Å². The molecule has 0 aliphatic carbocycles. The molecule has 3 N–H and O–H groups in total. The summed E-state index contributed by atoms with van der Waals surface area (Å²) >= 11 is 5.90. The third-order valence-corrected chi connectivity index (χ3v) is 5.32. The number of nitrogens with two attached hydrogens (primary N) is 1. The van der Waals surface area contributed by atoms with Crippen LogP contribution in [-0.2, 0) is 0 Å². The van der Waals surface area contributed by atoms with E-state index in [2.05, 4.69) is 10.00 Å². The number of phenolic OH excluding ortho intramolecular Hbond substituents is 1. The highest BCUT2D eigenvalue weighted by molar-refractivity contribution is 6.32. The number of rotatable bonds is 3. The molecule has 2 aromatic carbocycles. The van der Waals surface area contributed by atoms with Gasteiger partial charge in [0.25, 0.3) is 5.56 Å². The second-order valence-corrected chi connectivity index (χ2v) is 7.28. The van der Waals surface area contributed by atoms with Gasteiger partial charge in [-0.15, -0.1) is 0 Å². The molecule has 144 valence electrons. The van der Waals surface area contributed by atoms with E-state index in [1.54, 1.807) is 6.07 Å². The number of anilines is 2. The first-order chi connectivity index (χ1) is 13.6. The van der Waals surface area contributed by atoms with Crippen molar-refractivity contribution in [3.63, 3.8) is 0 Å². The Labute approximate surface area is 167 Å². The molecule has 7 heteroatoms. The monoisotopic (exact) mass is 396 g/mol. The first-order valence-electron chi connectivity index (χ1n) is 9.28. The summed E-state index contributed by atoms with van der Waals surface area (Å²) < 4.78 is 1.22. The van der Waals surface area contributed by atoms with E-state index in [0.717, 1.165) is 31.5 Å². The van der Waals surface area contributed by atoms with Crippen LogP contribution in [0.4, 0.5) is 11.4 Å². The molecule has 0 radical (unpaired) electrons. The fraction of sp³-hybridized carbons (Fsp3) is 0.238. The number of hydrogen-bond acceptors (Lipinski definition) is 5. The first-order valence-corrected chi connectivity index (χ1v) is 9.66. The van der Waals surface area contributed by atoms with E-state index in [1.807, 2.05) is 30.3 Å². The molecule has 3 aromatic rings. The van der Waals surface area contributed by atoms with Crippen LogP contribution >= 0.6 is 11.6 Å². The maximum atomic E-state index is 13.0. The molecule has 4 rings (SSSR count). The molecule has 0 unspecified atom stereocenters. The van der Waals surface area contributed by atoms with Crippen LogP contribution in [0.3, 0.4) is 0 Å². The van der Waals surface area contributed by atoms with Gasteiger partial charge in [-0.1, -0.05) is 41.9 Å². The Morgan fingerprint density at radius 2 is 1.75 bits per heavy atom. The van der Waals surface area contributed by atoms with Crippen LogP contribution < -0.4 is 16.2 Å². The molecule has 1 fully saturated rings. The van der Waals surface area contributed by atoms with Crippen molar-refractivity contribution >= 4 is 23.0 Å². The molecule has 0 amide bonds. The summed E-state index contributed by atoms with van der Waals surface area (Å²) in [6, 6.07) is 14.2. The van der Waals surface area contributed by atoms with E-state index in [0.29, 0.717) is 17.1 Å². The number of benzene rings is 2. The van der Waals surface area contributed by atoms with Gasteiger partial charge in [0.15, 0.2) is 0 Å². The predicted molar refractivity (Wildman–Crippen MR) is 112 cm³/mol. The molecule has 1 aromatic heterocycles. The highest BCUT2D eigenvalue weighted by atomic mass is 35.5. The molecular formula is C21H21ClN4O2. The van der Waals surface area contributed by atoms with Gasteiger partial charge in [-0.3, -0.25) is 4.79 Å². The summed E-state index contributed by atoms with van der Waals surface area (Å²) in [5.41, 5.74) is 8.71. The van der Waals surface area contributed by atoms with Crippen LogP contribution in [0.5, 0.6) is 5.75 Å². The fourth-order valence-corrected chi connectivity index (χ4v) is 3.69. The van der Waals surface area contributed by atoms with Crippen LogP contribution in [-0.4, -0.2) is 28.0 Å². The molecule has 1 aliphatic heterocycles. The van der Waals surface area contributed by atoms with E-state index in [1.165, 1.54) is 23.2 Å². The molecule has 1 saturated heterocycles. The molecule has 1 aliphatic rings. The van der Waals surface area contributed by atoms with Gasteiger partial charge < -0.3 is 15.7 Å². The number of aromatic hydroxyl groups is 1. The molecule has 0 atom stereocenters. The number of nitrogen functional groups attached to an aromatic ring is 1. The highest BCUT2D eigenvalue weighted by Crippen LogP contribution is 2.34. The molecule has 2 heterocycles. The first kappa shape index (κ1) is 18.4. The van der Waals surface area contributed by atoms with E-state index >= 15 is 0 Å². The van der Waals surface area contributed by atoms with Crippen LogP contribution in [0.25, 0.3) is 16.9 Å². The Morgan fingerprint density at radius 3 is 2.43 bits per heavy atom. The maximum absolute atomic E-state index is 13.0. The minimum absolute atomic E-state index is 0.118. The van der Waals surface area contributed by atoms with Crippen molar-refractivity contribution in [2.24, 2.45) is 0 Å². The van der Waals surface area contributed by atoms with E-state index in [9.17, 15) is 9.90 Å². The number of phenols is 1. The molecule has 6 nitrogen and oxygen atoms in total. The average molecular weight is 397 g/mol. The lowest BCUT2D eigenvalue weighted by Crippen LogP contribution is -2.35. The fourth-order valence-electron chi connectivity index (χ4n) is 3.57. The van der Waals surface area contributed by atoms with Crippen molar-refractivity contribution in [3.8, 4) is 22.7 Å². The third kappa shape index (κ3) is 3.31. The molecule has 0 bridgehead atoms. The maximum Gasteiger partial charge on any atom is 0.296 e. The largest absolute Gasteiger partial charge is 0.506 e. The van der Waals surface area contributed by atoms with Crippen LogP contribution in [0.15, 0.2) is 53.3 Å². The van der Waals surface area contributed by atoms with Crippen molar-refractivity contribution < 1.29 is 5.11 Å². The molecular weight excluding hydrogens is 376 g/mol. The number of aromatic nitrogens is 2.